The third-order valence-electron chi connectivity index (χ3n) is 3.26. The van der Waals surface area contributed by atoms with Gasteiger partial charge in [0.05, 0.1) is 13.2 Å². The van der Waals surface area contributed by atoms with Gasteiger partial charge in [0, 0.05) is 18.3 Å². The van der Waals surface area contributed by atoms with E-state index < -0.39 is 5.41 Å². The zero-order chi connectivity index (χ0) is 12.6. The van der Waals surface area contributed by atoms with E-state index in [9.17, 15) is 4.79 Å². The third kappa shape index (κ3) is 1.70. The van der Waals surface area contributed by atoms with Gasteiger partial charge in [-0.3, -0.25) is 4.79 Å². The lowest BCUT2D eigenvalue weighted by atomic mass is 9.85. The van der Waals surface area contributed by atoms with Gasteiger partial charge >= 0.3 is 0 Å². The molecule has 2 aliphatic heterocycles. The molecule has 1 fully saturated rings. The topological polar surface area (TPSA) is 82.8 Å². The standard InChI is InChI=1S/C12H14N2O4/c13-4-12(5-16-6-12)11(15)14-8-1-2-9-10(3-8)18-7-17-9/h1-3H,4-7,13H2,(H,14,15). The first-order valence-corrected chi connectivity index (χ1v) is 5.72. The number of benzene rings is 1. The molecule has 0 atom stereocenters. The van der Waals surface area contributed by atoms with Crippen LogP contribution in [0.1, 0.15) is 0 Å². The maximum absolute atomic E-state index is 12.1. The normalized spacial score (nSPS) is 19.2. The fourth-order valence-corrected chi connectivity index (χ4v) is 1.93. The molecule has 1 aromatic rings. The van der Waals surface area contributed by atoms with Gasteiger partial charge in [-0.25, -0.2) is 0 Å². The molecule has 1 aromatic carbocycles. The quantitative estimate of drug-likeness (QED) is 0.807. The van der Waals surface area contributed by atoms with Crippen LogP contribution in [0.25, 0.3) is 0 Å². The van der Waals surface area contributed by atoms with Crippen LogP contribution in [0.3, 0.4) is 0 Å². The van der Waals surface area contributed by atoms with Crippen LogP contribution in [0.5, 0.6) is 11.5 Å². The lowest BCUT2D eigenvalue weighted by molar-refractivity contribution is -0.153. The van der Waals surface area contributed by atoms with E-state index >= 15 is 0 Å². The largest absolute Gasteiger partial charge is 0.454 e. The van der Waals surface area contributed by atoms with Gasteiger partial charge in [-0.15, -0.1) is 0 Å². The Morgan fingerprint density at radius 1 is 1.33 bits per heavy atom. The predicted octanol–water partition coefficient (Wildman–Crippen LogP) is 0.329. The SMILES string of the molecule is NCC1(C(=O)Nc2ccc3c(c2)OCO3)COC1. The summed E-state index contributed by atoms with van der Waals surface area (Å²) in [6.45, 7) is 1.25. The Kier molecular flexibility index (Phi) is 2.61. The van der Waals surface area contributed by atoms with E-state index in [-0.39, 0.29) is 19.2 Å². The highest BCUT2D eigenvalue weighted by Crippen LogP contribution is 2.35. The Hall–Kier alpha value is -1.79. The van der Waals surface area contributed by atoms with Gasteiger partial charge < -0.3 is 25.3 Å². The van der Waals surface area contributed by atoms with E-state index in [0.29, 0.717) is 30.4 Å². The van der Waals surface area contributed by atoms with Crippen LogP contribution in [0.15, 0.2) is 18.2 Å². The summed E-state index contributed by atoms with van der Waals surface area (Å²) in [6.07, 6.45) is 0. The van der Waals surface area contributed by atoms with Crippen LogP contribution < -0.4 is 20.5 Å². The van der Waals surface area contributed by atoms with Crippen LogP contribution >= 0.6 is 0 Å². The van der Waals surface area contributed by atoms with Crippen LogP contribution in [-0.4, -0.2) is 32.5 Å². The summed E-state index contributed by atoms with van der Waals surface area (Å²) in [7, 11) is 0. The lowest BCUT2D eigenvalue weighted by Gasteiger charge is -2.38. The van der Waals surface area contributed by atoms with Crippen LogP contribution in [-0.2, 0) is 9.53 Å². The first-order valence-electron chi connectivity index (χ1n) is 5.72. The van der Waals surface area contributed by atoms with Gasteiger partial charge in [-0.1, -0.05) is 0 Å². The molecule has 0 unspecified atom stereocenters. The highest BCUT2D eigenvalue weighted by Gasteiger charge is 2.44. The number of hydrogen-bond acceptors (Lipinski definition) is 5. The number of nitrogens with two attached hydrogens (primary N) is 1. The van der Waals surface area contributed by atoms with Crippen molar-refractivity contribution < 1.29 is 19.0 Å². The molecular weight excluding hydrogens is 236 g/mol. The monoisotopic (exact) mass is 250 g/mol. The molecule has 6 nitrogen and oxygen atoms in total. The second kappa shape index (κ2) is 4.15. The number of hydrogen-bond donors (Lipinski definition) is 2. The molecule has 6 heteroatoms. The van der Waals surface area contributed by atoms with Crippen LogP contribution in [0, 0.1) is 5.41 Å². The van der Waals surface area contributed by atoms with Crippen molar-refractivity contribution >= 4 is 11.6 Å². The Labute approximate surface area is 104 Å². The molecule has 96 valence electrons. The summed E-state index contributed by atoms with van der Waals surface area (Å²) in [5, 5.41) is 2.83. The van der Waals surface area contributed by atoms with Gasteiger partial charge in [-0.2, -0.15) is 0 Å². The van der Waals surface area contributed by atoms with Crippen molar-refractivity contribution in [2.45, 2.75) is 0 Å². The van der Waals surface area contributed by atoms with Crippen molar-refractivity contribution in [2.24, 2.45) is 11.1 Å². The summed E-state index contributed by atoms with van der Waals surface area (Å²) < 4.78 is 15.5. The zero-order valence-electron chi connectivity index (χ0n) is 9.77. The highest BCUT2D eigenvalue weighted by atomic mass is 16.7. The summed E-state index contributed by atoms with van der Waals surface area (Å²) in [5.74, 6) is 1.21. The van der Waals surface area contributed by atoms with Crippen molar-refractivity contribution in [3.05, 3.63) is 18.2 Å². The molecule has 0 radical (unpaired) electrons. The molecule has 18 heavy (non-hydrogen) atoms. The smallest absolute Gasteiger partial charge is 0.236 e. The van der Waals surface area contributed by atoms with Crippen molar-refractivity contribution in [3.8, 4) is 11.5 Å². The minimum atomic E-state index is -0.587. The Morgan fingerprint density at radius 3 is 2.78 bits per heavy atom. The fourth-order valence-electron chi connectivity index (χ4n) is 1.93. The van der Waals surface area contributed by atoms with Gasteiger partial charge in [0.25, 0.3) is 0 Å². The Morgan fingerprint density at radius 2 is 2.11 bits per heavy atom. The minimum absolute atomic E-state index is 0.116. The maximum Gasteiger partial charge on any atom is 0.236 e. The lowest BCUT2D eigenvalue weighted by Crippen LogP contribution is -2.56. The minimum Gasteiger partial charge on any atom is -0.454 e. The number of ether oxygens (including phenoxy) is 3. The summed E-state index contributed by atoms with van der Waals surface area (Å²) in [6, 6.07) is 5.28. The van der Waals surface area contributed by atoms with E-state index in [1.165, 1.54) is 0 Å². The summed E-state index contributed by atoms with van der Waals surface area (Å²) in [4.78, 5) is 12.1. The van der Waals surface area contributed by atoms with E-state index in [0.717, 1.165) is 0 Å². The van der Waals surface area contributed by atoms with Crippen LogP contribution in [0.4, 0.5) is 5.69 Å². The molecule has 0 bridgehead atoms. The van der Waals surface area contributed by atoms with Gasteiger partial charge in [0.2, 0.25) is 12.7 Å². The molecular formula is C12H14N2O4. The van der Waals surface area contributed by atoms with E-state index in [1.54, 1.807) is 18.2 Å². The van der Waals surface area contributed by atoms with E-state index in [4.69, 9.17) is 19.9 Å². The predicted molar refractivity (Wildman–Crippen MR) is 63.5 cm³/mol. The molecule has 0 spiro atoms. The molecule has 0 aliphatic carbocycles. The Bertz CT molecular complexity index is 479. The second-order valence-electron chi connectivity index (χ2n) is 4.50. The van der Waals surface area contributed by atoms with E-state index in [2.05, 4.69) is 5.32 Å². The average Bonchev–Trinajstić information content (AvgIpc) is 2.75. The van der Waals surface area contributed by atoms with E-state index in [1.807, 2.05) is 0 Å². The van der Waals surface area contributed by atoms with Crippen molar-refractivity contribution in [2.75, 3.05) is 31.9 Å². The van der Waals surface area contributed by atoms with Crippen molar-refractivity contribution in [3.63, 3.8) is 0 Å². The zero-order valence-corrected chi connectivity index (χ0v) is 9.77. The molecule has 3 rings (SSSR count). The highest BCUT2D eigenvalue weighted by molar-refractivity contribution is 5.96. The molecule has 1 saturated heterocycles. The van der Waals surface area contributed by atoms with Gasteiger partial charge in [0.15, 0.2) is 11.5 Å². The number of amides is 1. The fraction of sp³-hybridized carbons (Fsp3) is 0.417. The number of nitrogens with one attached hydrogen (secondary N) is 1. The molecule has 0 saturated carbocycles. The molecule has 0 aromatic heterocycles. The Balaban J connectivity index is 1.74. The number of carbonyl (C=O) groups excluding carboxylic acids is 1. The molecule has 2 heterocycles. The number of anilines is 1. The summed E-state index contributed by atoms with van der Waals surface area (Å²) in [5.41, 5.74) is 5.71. The number of carbonyl (C=O) groups is 1. The van der Waals surface area contributed by atoms with Crippen molar-refractivity contribution in [1.82, 2.24) is 0 Å². The van der Waals surface area contributed by atoms with Crippen molar-refractivity contribution in [1.29, 1.82) is 0 Å². The second-order valence-corrected chi connectivity index (χ2v) is 4.50. The third-order valence-corrected chi connectivity index (χ3v) is 3.26. The molecule has 1 amide bonds. The molecule has 2 aliphatic rings. The van der Waals surface area contributed by atoms with Gasteiger partial charge in [-0.05, 0) is 12.1 Å². The molecule has 3 N–H and O–H groups in total. The number of rotatable bonds is 3. The van der Waals surface area contributed by atoms with Crippen LogP contribution in [0.2, 0.25) is 0 Å². The number of fused-ring (bicyclic) bond motifs is 1. The first-order chi connectivity index (χ1) is 8.73. The first kappa shape index (κ1) is 11.3. The summed E-state index contributed by atoms with van der Waals surface area (Å²) >= 11 is 0. The maximum atomic E-state index is 12.1. The van der Waals surface area contributed by atoms with Gasteiger partial charge in [0.1, 0.15) is 5.41 Å². The average molecular weight is 250 g/mol.